The molecule has 1 aromatic rings. The zero-order chi connectivity index (χ0) is 21.6. The van der Waals surface area contributed by atoms with Crippen LogP contribution in [0.25, 0.3) is 0 Å². The van der Waals surface area contributed by atoms with Gasteiger partial charge < -0.3 is 9.64 Å². The summed E-state index contributed by atoms with van der Waals surface area (Å²) in [5.74, 6) is 2.12. The van der Waals surface area contributed by atoms with Gasteiger partial charge >= 0.3 is 5.97 Å². The van der Waals surface area contributed by atoms with Crippen molar-refractivity contribution in [3.8, 4) is 6.07 Å². The van der Waals surface area contributed by atoms with Gasteiger partial charge in [-0.25, -0.2) is 0 Å². The van der Waals surface area contributed by atoms with Crippen molar-refractivity contribution in [2.75, 3.05) is 18.5 Å². The molecule has 5 nitrogen and oxygen atoms in total. The van der Waals surface area contributed by atoms with E-state index in [0.29, 0.717) is 29.7 Å². The van der Waals surface area contributed by atoms with Crippen LogP contribution in [0.15, 0.2) is 23.2 Å². The standard InChI is InChI=1S/C24H35N3O2/c1-7-23(26-6)27(21-11-9-19(14-25)13-18(21)5)15-24(28)29-22-12-17(4)8-10-20(22)16(2)3/h9,11,13,16-17,20,22H,7-8,10,12,15H2,1-6H3/b26-23+/t17-,20+,22-/m1/s1. The van der Waals surface area contributed by atoms with E-state index in [1.807, 2.05) is 30.9 Å². The molecular weight excluding hydrogens is 362 g/mol. The number of hydrogen-bond donors (Lipinski definition) is 0. The molecule has 1 saturated carbocycles. The van der Waals surface area contributed by atoms with E-state index >= 15 is 0 Å². The van der Waals surface area contributed by atoms with E-state index in [1.54, 1.807) is 13.1 Å². The number of nitrogens with zero attached hydrogens (tertiary/aromatic N) is 3. The van der Waals surface area contributed by atoms with Crippen molar-refractivity contribution in [2.24, 2.45) is 22.7 Å². The third-order valence-electron chi connectivity index (χ3n) is 6.03. The molecule has 158 valence electrons. The SMILES string of the molecule is CC/C(=N\C)N(CC(=O)O[C@@H]1C[C@H](C)CC[C@H]1C(C)C)c1ccc(C#N)cc1C. The van der Waals surface area contributed by atoms with Gasteiger partial charge in [0, 0.05) is 19.2 Å². The Morgan fingerprint density at radius 3 is 2.66 bits per heavy atom. The Balaban J connectivity index is 2.23. The maximum absolute atomic E-state index is 13.0. The Kier molecular flexibility index (Phi) is 8.25. The second-order valence-corrected chi connectivity index (χ2v) is 8.55. The van der Waals surface area contributed by atoms with Crippen LogP contribution in [0.1, 0.15) is 64.5 Å². The topological polar surface area (TPSA) is 65.7 Å². The summed E-state index contributed by atoms with van der Waals surface area (Å²) in [6.07, 6.45) is 3.95. The molecule has 0 aromatic heterocycles. The van der Waals surface area contributed by atoms with Gasteiger partial charge in [-0.05, 0) is 61.3 Å². The highest BCUT2D eigenvalue weighted by Crippen LogP contribution is 2.35. The van der Waals surface area contributed by atoms with E-state index in [0.717, 1.165) is 29.9 Å². The van der Waals surface area contributed by atoms with Gasteiger partial charge in [-0.2, -0.15) is 5.26 Å². The molecule has 1 fully saturated rings. The van der Waals surface area contributed by atoms with E-state index in [-0.39, 0.29) is 18.6 Å². The van der Waals surface area contributed by atoms with Crippen molar-refractivity contribution < 1.29 is 9.53 Å². The Morgan fingerprint density at radius 2 is 2.10 bits per heavy atom. The number of carbonyl (C=O) groups excluding carboxylic acids is 1. The zero-order valence-corrected chi connectivity index (χ0v) is 18.7. The maximum atomic E-state index is 13.0. The first-order valence-corrected chi connectivity index (χ1v) is 10.7. The van der Waals surface area contributed by atoms with Gasteiger partial charge in [-0.1, -0.05) is 34.1 Å². The third kappa shape index (κ3) is 5.82. The van der Waals surface area contributed by atoms with Crippen LogP contribution in [0.5, 0.6) is 0 Å². The van der Waals surface area contributed by atoms with E-state index in [1.165, 1.54) is 6.42 Å². The van der Waals surface area contributed by atoms with Crippen molar-refractivity contribution in [3.05, 3.63) is 29.3 Å². The predicted molar refractivity (Wildman–Crippen MR) is 118 cm³/mol. The minimum atomic E-state index is -0.215. The van der Waals surface area contributed by atoms with Crippen LogP contribution >= 0.6 is 0 Å². The molecule has 0 bridgehead atoms. The van der Waals surface area contributed by atoms with Gasteiger partial charge in [-0.15, -0.1) is 0 Å². The van der Waals surface area contributed by atoms with Crippen molar-refractivity contribution >= 4 is 17.5 Å². The van der Waals surface area contributed by atoms with Gasteiger partial charge in [0.15, 0.2) is 0 Å². The Morgan fingerprint density at radius 1 is 1.38 bits per heavy atom. The lowest BCUT2D eigenvalue weighted by Crippen LogP contribution is -2.41. The first-order chi connectivity index (χ1) is 13.8. The van der Waals surface area contributed by atoms with Crippen LogP contribution in [0, 0.1) is 36.0 Å². The summed E-state index contributed by atoms with van der Waals surface area (Å²) in [6, 6.07) is 7.68. The number of amidine groups is 1. The second-order valence-electron chi connectivity index (χ2n) is 8.55. The second kappa shape index (κ2) is 10.4. The first-order valence-electron chi connectivity index (χ1n) is 10.7. The molecule has 0 amide bonds. The fourth-order valence-corrected chi connectivity index (χ4v) is 4.40. The zero-order valence-electron chi connectivity index (χ0n) is 18.7. The summed E-state index contributed by atoms with van der Waals surface area (Å²) < 4.78 is 6.02. The molecule has 1 aliphatic rings. The van der Waals surface area contributed by atoms with E-state index in [9.17, 15) is 4.79 Å². The summed E-state index contributed by atoms with van der Waals surface area (Å²) in [5, 5.41) is 9.15. The number of benzene rings is 1. The summed E-state index contributed by atoms with van der Waals surface area (Å²) >= 11 is 0. The molecule has 2 rings (SSSR count). The molecule has 0 saturated heterocycles. The summed E-state index contributed by atoms with van der Waals surface area (Å²) in [5.41, 5.74) is 2.44. The highest BCUT2D eigenvalue weighted by atomic mass is 16.5. The lowest BCUT2D eigenvalue weighted by molar-refractivity contribution is -0.154. The molecule has 1 aliphatic carbocycles. The molecular formula is C24H35N3O2. The number of aliphatic imine (C=N–C) groups is 1. The first kappa shape index (κ1) is 22.9. The largest absolute Gasteiger partial charge is 0.461 e. The summed E-state index contributed by atoms with van der Waals surface area (Å²) in [7, 11) is 1.74. The smallest absolute Gasteiger partial charge is 0.326 e. The number of carbonyl (C=O) groups is 1. The van der Waals surface area contributed by atoms with Crippen LogP contribution in [0.2, 0.25) is 0 Å². The summed E-state index contributed by atoms with van der Waals surface area (Å²) in [6.45, 7) is 10.8. The van der Waals surface area contributed by atoms with Gasteiger partial charge in [-0.3, -0.25) is 9.79 Å². The van der Waals surface area contributed by atoms with E-state index < -0.39 is 0 Å². The third-order valence-corrected chi connectivity index (χ3v) is 6.03. The van der Waals surface area contributed by atoms with Crippen molar-refractivity contribution in [2.45, 2.75) is 66.4 Å². The minimum Gasteiger partial charge on any atom is -0.461 e. The number of anilines is 1. The number of nitriles is 1. The number of rotatable bonds is 6. The molecule has 0 spiro atoms. The lowest BCUT2D eigenvalue weighted by atomic mass is 9.75. The molecule has 0 radical (unpaired) electrons. The molecule has 0 aliphatic heterocycles. The van der Waals surface area contributed by atoms with Crippen LogP contribution in [-0.4, -0.2) is 31.5 Å². The number of aryl methyl sites for hydroxylation is 1. The molecule has 5 heteroatoms. The minimum absolute atomic E-state index is 0.0150. The van der Waals surface area contributed by atoms with E-state index in [2.05, 4.69) is 31.8 Å². The highest BCUT2D eigenvalue weighted by Gasteiger charge is 2.34. The molecule has 3 atom stereocenters. The molecule has 0 N–H and O–H groups in total. The molecule has 0 heterocycles. The average molecular weight is 398 g/mol. The fraction of sp³-hybridized carbons (Fsp3) is 0.625. The van der Waals surface area contributed by atoms with Crippen LogP contribution in [0.4, 0.5) is 5.69 Å². The number of hydrogen-bond acceptors (Lipinski definition) is 4. The van der Waals surface area contributed by atoms with Crippen molar-refractivity contribution in [1.29, 1.82) is 5.26 Å². The molecule has 1 aromatic carbocycles. The Hall–Kier alpha value is -2.35. The Labute approximate surface area is 175 Å². The monoisotopic (exact) mass is 397 g/mol. The number of ether oxygens (including phenoxy) is 1. The Bertz CT molecular complexity index is 779. The van der Waals surface area contributed by atoms with Gasteiger partial charge in [0.25, 0.3) is 0 Å². The van der Waals surface area contributed by atoms with Gasteiger partial charge in [0.1, 0.15) is 18.5 Å². The van der Waals surface area contributed by atoms with Crippen molar-refractivity contribution in [3.63, 3.8) is 0 Å². The quantitative estimate of drug-likeness (QED) is 0.380. The predicted octanol–water partition coefficient (Wildman–Crippen LogP) is 5.12. The van der Waals surface area contributed by atoms with Gasteiger partial charge in [0.05, 0.1) is 11.6 Å². The lowest BCUT2D eigenvalue weighted by Gasteiger charge is -2.37. The van der Waals surface area contributed by atoms with Gasteiger partial charge in [0.2, 0.25) is 0 Å². The number of esters is 1. The van der Waals surface area contributed by atoms with Crippen LogP contribution in [0.3, 0.4) is 0 Å². The molecule has 29 heavy (non-hydrogen) atoms. The van der Waals surface area contributed by atoms with Crippen LogP contribution < -0.4 is 4.90 Å². The normalized spacial score (nSPS) is 22.3. The average Bonchev–Trinajstić information content (AvgIpc) is 2.67. The van der Waals surface area contributed by atoms with Crippen molar-refractivity contribution in [1.82, 2.24) is 0 Å². The van der Waals surface area contributed by atoms with E-state index in [4.69, 9.17) is 10.00 Å². The summed E-state index contributed by atoms with van der Waals surface area (Å²) in [4.78, 5) is 19.3. The highest BCUT2D eigenvalue weighted by molar-refractivity contribution is 6.01. The maximum Gasteiger partial charge on any atom is 0.326 e. The van der Waals surface area contributed by atoms with Crippen LogP contribution in [-0.2, 0) is 9.53 Å². The molecule has 0 unspecified atom stereocenters. The fourth-order valence-electron chi connectivity index (χ4n) is 4.40.